The molecule has 68 valence electrons. The van der Waals surface area contributed by atoms with Gasteiger partial charge in [-0.25, -0.2) is 4.98 Å². The molecule has 1 heterocycles. The molecule has 0 radical (unpaired) electrons. The van der Waals surface area contributed by atoms with Crippen molar-refractivity contribution in [2.24, 2.45) is 0 Å². The Bertz CT molecular complexity index is 242. The van der Waals surface area contributed by atoms with Gasteiger partial charge in [0, 0.05) is 5.92 Å². The smallest absolute Gasteiger partial charge is 0.216 e. The highest BCUT2D eigenvalue weighted by molar-refractivity contribution is 4.96. The fourth-order valence-corrected chi connectivity index (χ4v) is 0.984. The van der Waals surface area contributed by atoms with E-state index in [0.29, 0.717) is 16.3 Å². The Kier molecular flexibility index (Phi) is 2.40. The molecule has 0 aromatic carbocycles. The summed E-state index contributed by atoms with van der Waals surface area (Å²) in [5, 5.41) is 3.59. The SMILES string of the molecule is Cc1nc(C(C)C)n(C(F)F)n1. The Hall–Kier alpha value is -1.00. The van der Waals surface area contributed by atoms with Crippen molar-refractivity contribution in [3.63, 3.8) is 0 Å². The second kappa shape index (κ2) is 3.16. The quantitative estimate of drug-likeness (QED) is 0.689. The zero-order valence-electron chi connectivity index (χ0n) is 7.25. The molecule has 5 heteroatoms. The highest BCUT2D eigenvalue weighted by Gasteiger charge is 2.17. The lowest BCUT2D eigenvalue weighted by molar-refractivity contribution is 0.0518. The van der Waals surface area contributed by atoms with Gasteiger partial charge >= 0.3 is 6.55 Å². The van der Waals surface area contributed by atoms with E-state index in [1.165, 1.54) is 0 Å². The number of aromatic nitrogens is 3. The summed E-state index contributed by atoms with van der Waals surface area (Å²) in [6, 6.07) is 0. The Morgan fingerprint density at radius 2 is 1.92 bits per heavy atom. The molecule has 1 rings (SSSR count). The van der Waals surface area contributed by atoms with Gasteiger partial charge in [-0.3, -0.25) is 0 Å². The first-order valence-corrected chi connectivity index (χ1v) is 3.73. The number of halogens is 2. The molecule has 0 fully saturated rings. The molecule has 0 aliphatic rings. The summed E-state index contributed by atoms with van der Waals surface area (Å²) in [6.45, 7) is 2.62. The Balaban J connectivity index is 3.08. The molecular weight excluding hydrogens is 164 g/mol. The lowest BCUT2D eigenvalue weighted by Crippen LogP contribution is -2.07. The van der Waals surface area contributed by atoms with Gasteiger partial charge in [-0.1, -0.05) is 13.8 Å². The molecule has 0 aliphatic heterocycles. The lowest BCUT2D eigenvalue weighted by Gasteiger charge is -2.05. The van der Waals surface area contributed by atoms with Crippen LogP contribution < -0.4 is 0 Å². The predicted octanol–water partition coefficient (Wildman–Crippen LogP) is 2.11. The van der Waals surface area contributed by atoms with Gasteiger partial charge in [0.25, 0.3) is 0 Å². The maximum absolute atomic E-state index is 12.3. The standard InChI is InChI=1S/C7H11F2N3/c1-4(2)6-10-5(3)11-12(6)7(8)9/h4,7H,1-3H3. The zero-order valence-corrected chi connectivity index (χ0v) is 7.25. The van der Waals surface area contributed by atoms with Crippen LogP contribution in [0.25, 0.3) is 0 Å². The number of hydrogen-bond acceptors (Lipinski definition) is 2. The van der Waals surface area contributed by atoms with E-state index in [2.05, 4.69) is 10.1 Å². The topological polar surface area (TPSA) is 30.7 Å². The van der Waals surface area contributed by atoms with Crippen LogP contribution in [-0.2, 0) is 0 Å². The Morgan fingerprint density at radius 1 is 1.33 bits per heavy atom. The first-order chi connectivity index (χ1) is 5.52. The normalized spacial score (nSPS) is 11.6. The third-order valence-corrected chi connectivity index (χ3v) is 1.46. The molecule has 1 aromatic heterocycles. The first-order valence-electron chi connectivity index (χ1n) is 3.73. The monoisotopic (exact) mass is 175 g/mol. The van der Waals surface area contributed by atoms with Crippen LogP contribution in [0, 0.1) is 6.92 Å². The second-order valence-electron chi connectivity index (χ2n) is 2.89. The second-order valence-corrected chi connectivity index (χ2v) is 2.89. The molecule has 0 bridgehead atoms. The number of nitrogens with zero attached hydrogens (tertiary/aromatic N) is 3. The van der Waals surface area contributed by atoms with Gasteiger partial charge in [0.2, 0.25) is 0 Å². The number of hydrogen-bond donors (Lipinski definition) is 0. The van der Waals surface area contributed by atoms with Crippen LogP contribution in [0.4, 0.5) is 8.78 Å². The van der Waals surface area contributed by atoms with E-state index in [-0.39, 0.29) is 5.92 Å². The molecular formula is C7H11F2N3. The Morgan fingerprint density at radius 3 is 2.25 bits per heavy atom. The van der Waals surface area contributed by atoms with Crippen molar-refractivity contribution >= 4 is 0 Å². The van der Waals surface area contributed by atoms with Crippen LogP contribution in [0.3, 0.4) is 0 Å². The first kappa shape index (κ1) is 9.09. The average Bonchev–Trinajstić information content (AvgIpc) is 2.31. The van der Waals surface area contributed by atoms with Crippen molar-refractivity contribution in [3.05, 3.63) is 11.6 Å². The molecule has 0 aliphatic carbocycles. The van der Waals surface area contributed by atoms with Crippen molar-refractivity contribution in [1.29, 1.82) is 0 Å². The van der Waals surface area contributed by atoms with Gasteiger partial charge in [-0.05, 0) is 6.92 Å². The van der Waals surface area contributed by atoms with Crippen LogP contribution >= 0.6 is 0 Å². The number of alkyl halides is 2. The van der Waals surface area contributed by atoms with Crippen LogP contribution in [0.15, 0.2) is 0 Å². The largest absolute Gasteiger partial charge is 0.334 e. The van der Waals surface area contributed by atoms with Crippen LogP contribution in [0.2, 0.25) is 0 Å². The van der Waals surface area contributed by atoms with E-state index in [4.69, 9.17) is 0 Å². The van der Waals surface area contributed by atoms with E-state index >= 15 is 0 Å². The fraction of sp³-hybridized carbons (Fsp3) is 0.714. The van der Waals surface area contributed by atoms with Gasteiger partial charge in [0.05, 0.1) is 0 Å². The molecule has 0 saturated carbocycles. The maximum atomic E-state index is 12.3. The molecule has 0 amide bonds. The minimum Gasteiger partial charge on any atom is -0.216 e. The molecule has 0 unspecified atom stereocenters. The van der Waals surface area contributed by atoms with Crippen LogP contribution in [0.1, 0.15) is 38.0 Å². The van der Waals surface area contributed by atoms with Crippen LogP contribution in [-0.4, -0.2) is 14.8 Å². The van der Waals surface area contributed by atoms with Gasteiger partial charge in [-0.15, -0.1) is 0 Å². The van der Waals surface area contributed by atoms with E-state index in [1.807, 2.05) is 13.8 Å². The minimum atomic E-state index is -2.59. The van der Waals surface area contributed by atoms with E-state index in [9.17, 15) is 8.78 Å². The highest BCUT2D eigenvalue weighted by Crippen LogP contribution is 2.18. The van der Waals surface area contributed by atoms with E-state index in [0.717, 1.165) is 0 Å². The molecule has 1 aromatic rings. The summed E-state index contributed by atoms with van der Waals surface area (Å²) in [5.74, 6) is 0.696. The van der Waals surface area contributed by atoms with Crippen LogP contribution in [0.5, 0.6) is 0 Å². The predicted molar refractivity (Wildman–Crippen MR) is 40.1 cm³/mol. The van der Waals surface area contributed by atoms with Crippen molar-refractivity contribution in [2.75, 3.05) is 0 Å². The van der Waals surface area contributed by atoms with Gasteiger partial charge in [0.1, 0.15) is 11.6 Å². The number of aryl methyl sites for hydroxylation is 1. The van der Waals surface area contributed by atoms with E-state index in [1.54, 1.807) is 6.92 Å². The Labute approximate surface area is 69.4 Å². The van der Waals surface area contributed by atoms with Gasteiger partial charge in [0.15, 0.2) is 0 Å². The summed E-state index contributed by atoms with van der Waals surface area (Å²) in [6.07, 6.45) is 0. The summed E-state index contributed by atoms with van der Waals surface area (Å²) in [7, 11) is 0. The van der Waals surface area contributed by atoms with Crippen molar-refractivity contribution in [2.45, 2.75) is 33.2 Å². The lowest BCUT2D eigenvalue weighted by atomic mass is 10.2. The molecule has 12 heavy (non-hydrogen) atoms. The third kappa shape index (κ3) is 1.60. The fourth-order valence-electron chi connectivity index (χ4n) is 0.984. The molecule has 3 nitrogen and oxygen atoms in total. The molecule has 0 atom stereocenters. The molecule has 0 saturated heterocycles. The molecule has 0 spiro atoms. The van der Waals surface area contributed by atoms with Gasteiger partial charge < -0.3 is 0 Å². The summed E-state index contributed by atoms with van der Waals surface area (Å²) in [4.78, 5) is 3.90. The summed E-state index contributed by atoms with van der Waals surface area (Å²) < 4.78 is 25.2. The maximum Gasteiger partial charge on any atom is 0.334 e. The third-order valence-electron chi connectivity index (χ3n) is 1.46. The molecule has 0 N–H and O–H groups in total. The number of rotatable bonds is 2. The summed E-state index contributed by atoms with van der Waals surface area (Å²) in [5.41, 5.74) is 0. The highest BCUT2D eigenvalue weighted by atomic mass is 19.3. The van der Waals surface area contributed by atoms with Crippen molar-refractivity contribution < 1.29 is 8.78 Å². The van der Waals surface area contributed by atoms with Crippen molar-refractivity contribution in [1.82, 2.24) is 14.8 Å². The van der Waals surface area contributed by atoms with Crippen molar-refractivity contribution in [3.8, 4) is 0 Å². The summed E-state index contributed by atoms with van der Waals surface area (Å²) >= 11 is 0. The van der Waals surface area contributed by atoms with E-state index < -0.39 is 6.55 Å². The zero-order chi connectivity index (χ0) is 9.30. The average molecular weight is 175 g/mol. The minimum absolute atomic E-state index is 0.0276. The van der Waals surface area contributed by atoms with Gasteiger partial charge in [-0.2, -0.15) is 18.6 Å².